The van der Waals surface area contributed by atoms with Gasteiger partial charge in [0.15, 0.2) is 0 Å². The molecule has 0 aromatic carbocycles. The van der Waals surface area contributed by atoms with Gasteiger partial charge in [0.2, 0.25) is 0 Å². The predicted octanol–water partition coefficient (Wildman–Crippen LogP) is -0.125. The van der Waals surface area contributed by atoms with Crippen molar-refractivity contribution < 1.29 is 24.5 Å². The highest BCUT2D eigenvalue weighted by molar-refractivity contribution is 5.66. The average molecular weight is 192 g/mol. The molecule has 0 amide bonds. The summed E-state index contributed by atoms with van der Waals surface area (Å²) >= 11 is 0. The molecule has 0 bridgehead atoms. The van der Waals surface area contributed by atoms with Crippen molar-refractivity contribution in [3.63, 3.8) is 0 Å². The lowest BCUT2D eigenvalue weighted by Gasteiger charge is -2.11. The number of hydrogen-bond donors (Lipinski definition) is 2. The number of hydrogen-bond acceptors (Lipinski definition) is 4. The lowest BCUT2D eigenvalue weighted by molar-refractivity contribution is -0.138. The summed E-state index contributed by atoms with van der Waals surface area (Å²) < 4.78 is 10.1. The monoisotopic (exact) mass is 192 g/mol. The van der Waals surface area contributed by atoms with Gasteiger partial charge in [-0.3, -0.25) is 4.79 Å². The fraction of sp³-hybridized carbons (Fsp3) is 0.875. The zero-order chi connectivity index (χ0) is 10.1. The zero-order valence-corrected chi connectivity index (χ0v) is 7.73. The number of aliphatic hydroxyl groups is 1. The molecule has 0 aliphatic heterocycles. The molecule has 5 heteroatoms. The van der Waals surface area contributed by atoms with Gasteiger partial charge in [0, 0.05) is 0 Å². The summed E-state index contributed by atoms with van der Waals surface area (Å²) in [6, 6.07) is 0. The van der Waals surface area contributed by atoms with Crippen molar-refractivity contribution in [2.24, 2.45) is 0 Å². The molecule has 2 N–H and O–H groups in total. The quantitative estimate of drug-likeness (QED) is 0.524. The van der Waals surface area contributed by atoms with Crippen LogP contribution in [-0.4, -0.2) is 48.7 Å². The van der Waals surface area contributed by atoms with Crippen molar-refractivity contribution >= 4 is 5.97 Å². The van der Waals surface area contributed by atoms with Crippen LogP contribution in [0.2, 0.25) is 0 Å². The van der Waals surface area contributed by atoms with E-state index < -0.39 is 5.97 Å². The zero-order valence-electron chi connectivity index (χ0n) is 7.73. The number of carboxylic acid groups (broad SMARTS) is 1. The first-order valence-electron chi connectivity index (χ1n) is 4.18. The van der Waals surface area contributed by atoms with Crippen LogP contribution in [0.3, 0.4) is 0 Å². The molecule has 0 aliphatic rings. The van der Waals surface area contributed by atoms with Crippen LogP contribution in [-0.2, 0) is 14.3 Å². The van der Waals surface area contributed by atoms with Crippen molar-refractivity contribution in [2.45, 2.75) is 19.4 Å². The lowest BCUT2D eigenvalue weighted by atomic mass is 10.4. The van der Waals surface area contributed by atoms with E-state index in [1.54, 1.807) is 6.92 Å². The molecule has 0 rings (SSSR count). The number of ether oxygens (including phenoxy) is 2. The highest BCUT2D eigenvalue weighted by Crippen LogP contribution is 1.92. The van der Waals surface area contributed by atoms with Crippen LogP contribution in [0.25, 0.3) is 0 Å². The van der Waals surface area contributed by atoms with Crippen molar-refractivity contribution in [1.82, 2.24) is 0 Å². The Morgan fingerprint density at radius 1 is 1.46 bits per heavy atom. The summed E-state index contributed by atoms with van der Waals surface area (Å²) in [5.41, 5.74) is 0. The molecular formula is C8H16O5. The van der Waals surface area contributed by atoms with E-state index in [2.05, 4.69) is 0 Å². The van der Waals surface area contributed by atoms with Crippen LogP contribution in [0, 0.1) is 0 Å². The molecule has 0 aromatic heterocycles. The van der Waals surface area contributed by atoms with Crippen molar-refractivity contribution in [2.75, 3.05) is 26.4 Å². The van der Waals surface area contributed by atoms with Gasteiger partial charge in [-0.15, -0.1) is 0 Å². The number of aliphatic hydroxyl groups excluding tert-OH is 1. The maximum atomic E-state index is 10.1. The van der Waals surface area contributed by atoms with Crippen LogP contribution in [0.15, 0.2) is 0 Å². The third kappa shape index (κ3) is 9.26. The van der Waals surface area contributed by atoms with E-state index in [1.165, 1.54) is 0 Å². The van der Waals surface area contributed by atoms with Crippen molar-refractivity contribution in [1.29, 1.82) is 0 Å². The van der Waals surface area contributed by atoms with Gasteiger partial charge in [0.1, 0.15) is 0 Å². The second kappa shape index (κ2) is 7.97. The normalized spacial score (nSPS) is 12.8. The minimum absolute atomic E-state index is 0.00667. The number of carboxylic acids is 1. The minimum Gasteiger partial charge on any atom is -0.481 e. The van der Waals surface area contributed by atoms with Crippen LogP contribution < -0.4 is 0 Å². The summed E-state index contributed by atoms with van der Waals surface area (Å²) in [4.78, 5) is 10.1. The van der Waals surface area contributed by atoms with E-state index in [0.717, 1.165) is 0 Å². The van der Waals surface area contributed by atoms with Gasteiger partial charge in [0.25, 0.3) is 0 Å². The maximum Gasteiger partial charge on any atom is 0.305 e. The third-order valence-electron chi connectivity index (χ3n) is 1.31. The summed E-state index contributed by atoms with van der Waals surface area (Å²) in [6.45, 7) is 2.62. The minimum atomic E-state index is -0.871. The molecule has 1 atom stereocenters. The van der Waals surface area contributed by atoms with Crippen LogP contribution in [0.1, 0.15) is 13.3 Å². The summed E-state index contributed by atoms with van der Waals surface area (Å²) in [5.74, 6) is -0.871. The highest BCUT2D eigenvalue weighted by Gasteiger charge is 2.02. The van der Waals surface area contributed by atoms with E-state index in [9.17, 15) is 4.79 Å². The van der Waals surface area contributed by atoms with E-state index in [0.29, 0.717) is 6.61 Å². The van der Waals surface area contributed by atoms with E-state index >= 15 is 0 Å². The lowest BCUT2D eigenvalue weighted by Crippen LogP contribution is -2.18. The molecule has 0 aliphatic carbocycles. The molecular weight excluding hydrogens is 176 g/mol. The van der Waals surface area contributed by atoms with E-state index in [-0.39, 0.29) is 32.3 Å². The first-order chi connectivity index (χ1) is 6.16. The molecule has 0 heterocycles. The van der Waals surface area contributed by atoms with Gasteiger partial charge in [0.05, 0.1) is 39.0 Å². The van der Waals surface area contributed by atoms with Gasteiger partial charge in [-0.25, -0.2) is 0 Å². The fourth-order valence-corrected chi connectivity index (χ4v) is 0.711. The Kier molecular flexibility index (Phi) is 7.57. The number of rotatable bonds is 8. The summed E-state index contributed by atoms with van der Waals surface area (Å²) in [7, 11) is 0. The second-order valence-electron chi connectivity index (χ2n) is 2.62. The summed E-state index contributed by atoms with van der Waals surface area (Å²) in [5, 5.41) is 16.7. The topological polar surface area (TPSA) is 76.0 Å². The Morgan fingerprint density at radius 3 is 2.69 bits per heavy atom. The number of carbonyl (C=O) groups is 1. The van der Waals surface area contributed by atoms with Gasteiger partial charge in [-0.05, 0) is 6.92 Å². The number of aliphatic carboxylic acids is 1. The molecule has 5 nitrogen and oxygen atoms in total. The molecule has 0 fully saturated rings. The second-order valence-corrected chi connectivity index (χ2v) is 2.62. The fourth-order valence-electron chi connectivity index (χ4n) is 0.711. The molecule has 0 saturated heterocycles. The Hall–Kier alpha value is -0.650. The van der Waals surface area contributed by atoms with E-state index in [4.69, 9.17) is 19.7 Å². The molecule has 13 heavy (non-hydrogen) atoms. The first-order valence-corrected chi connectivity index (χ1v) is 4.18. The Labute approximate surface area is 77.3 Å². The Morgan fingerprint density at radius 2 is 2.15 bits per heavy atom. The molecule has 1 unspecified atom stereocenters. The van der Waals surface area contributed by atoms with E-state index in [1.807, 2.05) is 0 Å². The predicted molar refractivity (Wildman–Crippen MR) is 45.6 cm³/mol. The van der Waals surface area contributed by atoms with Crippen LogP contribution in [0.4, 0.5) is 0 Å². The Bertz CT molecular complexity index is 136. The molecule has 0 spiro atoms. The molecule has 0 aromatic rings. The SMILES string of the molecule is CC(COCCC(=O)O)OCCO. The van der Waals surface area contributed by atoms with Crippen molar-refractivity contribution in [3.8, 4) is 0 Å². The Balaban J connectivity index is 3.16. The van der Waals surface area contributed by atoms with Crippen LogP contribution in [0.5, 0.6) is 0 Å². The first kappa shape index (κ1) is 12.3. The van der Waals surface area contributed by atoms with Gasteiger partial charge < -0.3 is 19.7 Å². The van der Waals surface area contributed by atoms with Gasteiger partial charge in [-0.2, -0.15) is 0 Å². The van der Waals surface area contributed by atoms with Crippen molar-refractivity contribution in [3.05, 3.63) is 0 Å². The molecule has 0 saturated carbocycles. The standard InChI is InChI=1S/C8H16O5/c1-7(13-5-3-9)6-12-4-2-8(10)11/h7,9H,2-6H2,1H3,(H,10,11). The molecule has 0 radical (unpaired) electrons. The smallest absolute Gasteiger partial charge is 0.305 e. The van der Waals surface area contributed by atoms with Gasteiger partial charge >= 0.3 is 5.97 Å². The highest BCUT2D eigenvalue weighted by atomic mass is 16.5. The third-order valence-corrected chi connectivity index (χ3v) is 1.31. The van der Waals surface area contributed by atoms with Gasteiger partial charge in [-0.1, -0.05) is 0 Å². The summed E-state index contributed by atoms with van der Waals surface area (Å²) in [6.07, 6.45) is -0.104. The molecule has 78 valence electrons. The maximum absolute atomic E-state index is 10.1. The largest absolute Gasteiger partial charge is 0.481 e. The van der Waals surface area contributed by atoms with Crippen LogP contribution >= 0.6 is 0 Å². The average Bonchev–Trinajstić information content (AvgIpc) is 2.08.